The topological polar surface area (TPSA) is 124 Å². The number of hydrogen-bond donors (Lipinski definition) is 2. The molecule has 0 saturated carbocycles. The monoisotopic (exact) mass is 468 g/mol. The van der Waals surface area contributed by atoms with Crippen molar-refractivity contribution in [2.75, 3.05) is 11.9 Å². The molecule has 2 N–H and O–H groups in total. The molecule has 4 rings (SSSR count). The Morgan fingerprint density at radius 1 is 1.15 bits per heavy atom. The molecule has 0 aliphatic carbocycles. The average molecular weight is 469 g/mol. The third-order valence-corrected chi connectivity index (χ3v) is 4.89. The minimum Gasteiger partial charge on any atom is -0.492 e. The van der Waals surface area contributed by atoms with Crippen molar-refractivity contribution in [3.05, 3.63) is 54.1 Å². The lowest BCUT2D eigenvalue weighted by Crippen LogP contribution is -2.01. The highest BCUT2D eigenvalue weighted by Crippen LogP contribution is 2.32. The van der Waals surface area contributed by atoms with Gasteiger partial charge in [0, 0.05) is 37.2 Å². The quantitative estimate of drug-likeness (QED) is 0.321. The molecule has 0 fully saturated rings. The summed E-state index contributed by atoms with van der Waals surface area (Å²) in [6, 6.07) is 8.84. The Kier molecular flexibility index (Phi) is 6.84. The summed E-state index contributed by atoms with van der Waals surface area (Å²) in [5.74, 6) is 1.66. The van der Waals surface area contributed by atoms with Crippen molar-refractivity contribution in [3.8, 4) is 17.4 Å². The number of fused-ring (bicyclic) bond motifs is 1. The van der Waals surface area contributed by atoms with Crippen LogP contribution >= 0.6 is 11.6 Å². The summed E-state index contributed by atoms with van der Waals surface area (Å²) < 4.78 is 13.2. The minimum atomic E-state index is -0.818. The fraction of sp³-hybridized carbons (Fsp3) is 0.227. The molecule has 4 aromatic rings. The van der Waals surface area contributed by atoms with Gasteiger partial charge >= 0.3 is 5.97 Å². The summed E-state index contributed by atoms with van der Waals surface area (Å²) in [7, 11) is 1.84. The zero-order valence-corrected chi connectivity index (χ0v) is 18.5. The van der Waals surface area contributed by atoms with E-state index in [9.17, 15) is 4.79 Å². The predicted octanol–water partition coefficient (Wildman–Crippen LogP) is 4.58. The van der Waals surface area contributed by atoms with Crippen LogP contribution in [0.25, 0.3) is 10.9 Å². The fourth-order valence-corrected chi connectivity index (χ4v) is 3.24. The van der Waals surface area contributed by atoms with Crippen molar-refractivity contribution in [2.24, 2.45) is 7.05 Å². The lowest BCUT2D eigenvalue weighted by atomic mass is 10.2. The zero-order chi connectivity index (χ0) is 23.2. The van der Waals surface area contributed by atoms with Crippen LogP contribution in [0.3, 0.4) is 0 Å². The van der Waals surface area contributed by atoms with E-state index in [1.807, 2.05) is 25.4 Å². The van der Waals surface area contributed by atoms with E-state index >= 15 is 0 Å². The molecule has 0 bridgehead atoms. The van der Waals surface area contributed by atoms with Crippen LogP contribution < -0.4 is 14.8 Å². The maximum absolute atomic E-state index is 10.5. The summed E-state index contributed by atoms with van der Waals surface area (Å²) in [5, 5.41) is 17.2. The van der Waals surface area contributed by atoms with Crippen LogP contribution in [0, 0.1) is 0 Å². The Morgan fingerprint density at radius 3 is 2.79 bits per heavy atom. The number of ether oxygens (including phenoxy) is 2. The number of aliphatic carboxylic acids is 1. The van der Waals surface area contributed by atoms with Gasteiger partial charge in [-0.1, -0.05) is 11.6 Å². The second-order valence-corrected chi connectivity index (χ2v) is 7.57. The molecule has 0 unspecified atom stereocenters. The smallest absolute Gasteiger partial charge is 0.303 e. The number of benzene rings is 1. The van der Waals surface area contributed by atoms with Crippen LogP contribution in [-0.4, -0.2) is 42.4 Å². The number of nitrogens with one attached hydrogen (secondary N) is 1. The van der Waals surface area contributed by atoms with Crippen molar-refractivity contribution in [3.63, 3.8) is 0 Å². The van der Waals surface area contributed by atoms with Gasteiger partial charge in [-0.15, -0.1) is 0 Å². The third kappa shape index (κ3) is 5.86. The van der Waals surface area contributed by atoms with Crippen molar-refractivity contribution in [1.29, 1.82) is 0 Å². The van der Waals surface area contributed by atoms with E-state index < -0.39 is 5.97 Å². The molecule has 0 atom stereocenters. The lowest BCUT2D eigenvalue weighted by molar-refractivity contribution is -0.137. The predicted molar refractivity (Wildman–Crippen MR) is 122 cm³/mol. The molecule has 3 aromatic heterocycles. The van der Waals surface area contributed by atoms with E-state index in [2.05, 4.69) is 25.4 Å². The van der Waals surface area contributed by atoms with Crippen LogP contribution in [0.2, 0.25) is 5.02 Å². The maximum atomic E-state index is 10.5. The average Bonchev–Trinajstić information content (AvgIpc) is 3.20. The number of carbonyl (C=O) groups is 1. The second-order valence-electron chi connectivity index (χ2n) is 7.16. The molecule has 33 heavy (non-hydrogen) atoms. The number of hydrogen-bond acceptors (Lipinski definition) is 8. The number of halogens is 1. The first-order chi connectivity index (χ1) is 16.0. The van der Waals surface area contributed by atoms with Crippen LogP contribution in [-0.2, 0) is 11.8 Å². The van der Waals surface area contributed by atoms with Gasteiger partial charge < -0.3 is 19.9 Å². The lowest BCUT2D eigenvalue weighted by Gasteiger charge is -2.11. The zero-order valence-electron chi connectivity index (χ0n) is 17.7. The molecule has 1 aromatic carbocycles. The Hall–Kier alpha value is -3.92. The van der Waals surface area contributed by atoms with E-state index in [1.54, 1.807) is 22.9 Å². The Bertz CT molecular complexity index is 1280. The highest BCUT2D eigenvalue weighted by atomic mass is 35.5. The van der Waals surface area contributed by atoms with Crippen LogP contribution in [0.1, 0.15) is 19.3 Å². The number of aryl methyl sites for hydroxylation is 1. The Morgan fingerprint density at radius 2 is 2.03 bits per heavy atom. The molecule has 170 valence electrons. The molecule has 0 radical (unpaired) electrons. The largest absolute Gasteiger partial charge is 0.492 e. The molecular formula is C22H21ClN6O4. The van der Waals surface area contributed by atoms with Gasteiger partial charge in [-0.25, -0.2) is 15.0 Å². The number of pyridine rings is 1. The molecule has 0 aliphatic rings. The first-order valence-corrected chi connectivity index (χ1v) is 10.5. The fourth-order valence-electron chi connectivity index (χ4n) is 3.04. The van der Waals surface area contributed by atoms with Gasteiger partial charge in [-0.05, 0) is 31.0 Å². The molecule has 3 heterocycles. The Balaban J connectivity index is 1.46. The van der Waals surface area contributed by atoms with E-state index in [1.165, 1.54) is 12.5 Å². The van der Waals surface area contributed by atoms with Crippen LogP contribution in [0.15, 0.2) is 49.1 Å². The van der Waals surface area contributed by atoms with Crippen molar-refractivity contribution >= 4 is 40.1 Å². The molecule has 11 heteroatoms. The van der Waals surface area contributed by atoms with E-state index in [4.69, 9.17) is 26.2 Å². The van der Waals surface area contributed by atoms with Gasteiger partial charge in [0.05, 0.1) is 18.3 Å². The number of unbranched alkanes of at least 4 members (excludes halogenated alkanes) is 1. The molecule has 10 nitrogen and oxygen atoms in total. The summed E-state index contributed by atoms with van der Waals surface area (Å²) >= 11 is 6.33. The van der Waals surface area contributed by atoms with Gasteiger partial charge in [0.1, 0.15) is 28.7 Å². The summed E-state index contributed by atoms with van der Waals surface area (Å²) in [4.78, 5) is 23.4. The summed E-state index contributed by atoms with van der Waals surface area (Å²) in [6.45, 7) is 0.377. The van der Waals surface area contributed by atoms with Crippen molar-refractivity contribution in [1.82, 2.24) is 24.7 Å². The van der Waals surface area contributed by atoms with Gasteiger partial charge in [0.25, 0.3) is 0 Å². The number of anilines is 2. The number of nitrogens with zero attached hydrogens (tertiary/aromatic N) is 5. The highest BCUT2D eigenvalue weighted by Gasteiger charge is 2.11. The normalized spacial score (nSPS) is 10.8. The number of carboxylic acids is 1. The summed E-state index contributed by atoms with van der Waals surface area (Å²) in [6.07, 6.45) is 6.10. The summed E-state index contributed by atoms with van der Waals surface area (Å²) in [5.41, 5.74) is 0.737. The maximum Gasteiger partial charge on any atom is 0.303 e. The molecular weight excluding hydrogens is 448 g/mol. The van der Waals surface area contributed by atoms with E-state index in [-0.39, 0.29) is 17.3 Å². The van der Waals surface area contributed by atoms with Crippen molar-refractivity contribution < 1.29 is 19.4 Å². The number of rotatable bonds is 10. The van der Waals surface area contributed by atoms with Crippen LogP contribution in [0.4, 0.5) is 11.6 Å². The standard InChI is InChI=1S/C22H21ClN6O4/c1-29-8-7-19(28-29)27-21-16-10-14(5-6-18(16)25-13-26-21)33-22-17(23)11-15(12-24-22)32-9-3-2-4-20(30)31/h5-8,10-13H,2-4,9H2,1H3,(H,30,31)(H,25,26,27,28). The first-order valence-electron chi connectivity index (χ1n) is 10.2. The molecule has 0 saturated heterocycles. The van der Waals surface area contributed by atoms with Crippen molar-refractivity contribution in [2.45, 2.75) is 19.3 Å². The van der Waals surface area contributed by atoms with Gasteiger partial charge in [0.15, 0.2) is 5.82 Å². The van der Waals surface area contributed by atoms with E-state index in [0.29, 0.717) is 42.6 Å². The number of carboxylic acid groups (broad SMARTS) is 1. The number of aromatic nitrogens is 5. The highest BCUT2D eigenvalue weighted by molar-refractivity contribution is 6.32. The second kappa shape index (κ2) is 10.1. The van der Waals surface area contributed by atoms with E-state index in [0.717, 1.165) is 10.9 Å². The minimum absolute atomic E-state index is 0.116. The molecule has 0 spiro atoms. The first kappa shape index (κ1) is 22.3. The van der Waals surface area contributed by atoms with Gasteiger partial charge in [-0.3, -0.25) is 9.48 Å². The third-order valence-electron chi connectivity index (χ3n) is 4.62. The molecule has 0 amide bonds. The molecule has 0 aliphatic heterocycles. The van der Waals surface area contributed by atoms with Crippen LogP contribution in [0.5, 0.6) is 17.4 Å². The van der Waals surface area contributed by atoms with Gasteiger partial charge in [0.2, 0.25) is 5.88 Å². The Labute approximate surface area is 194 Å². The SMILES string of the molecule is Cn1ccc(Nc2ncnc3ccc(Oc4ncc(OCCCCC(=O)O)cc4Cl)cc23)n1. The van der Waals surface area contributed by atoms with Gasteiger partial charge in [-0.2, -0.15) is 5.10 Å².